The second-order valence-electron chi connectivity index (χ2n) is 4.12. The third kappa shape index (κ3) is 2.28. The predicted molar refractivity (Wildman–Crippen MR) is 62.7 cm³/mol. The van der Waals surface area contributed by atoms with E-state index in [9.17, 15) is 0 Å². The molecule has 2 N–H and O–H groups in total. The molecule has 1 aromatic rings. The molecule has 1 aliphatic heterocycles. The van der Waals surface area contributed by atoms with Crippen LogP contribution in [0.2, 0.25) is 0 Å². The minimum absolute atomic E-state index is 0.549. The number of nitrogens with two attached hydrogens (primary N) is 1. The number of hydrogen-bond acceptors (Lipinski definition) is 4. The van der Waals surface area contributed by atoms with Gasteiger partial charge in [0.05, 0.1) is 0 Å². The maximum Gasteiger partial charge on any atom is 0.161 e. The van der Waals surface area contributed by atoms with Crippen molar-refractivity contribution in [3.05, 3.63) is 23.3 Å². The van der Waals surface area contributed by atoms with Crippen molar-refractivity contribution in [2.45, 2.75) is 13.5 Å². The zero-order valence-corrected chi connectivity index (χ0v) is 9.82. The molecule has 0 unspecified atom stereocenters. The smallest absolute Gasteiger partial charge is 0.161 e. The maximum atomic E-state index is 5.58. The van der Waals surface area contributed by atoms with Crippen LogP contribution in [0.4, 0.5) is 0 Å². The molecule has 0 bridgehead atoms. The van der Waals surface area contributed by atoms with Crippen LogP contribution in [0.5, 0.6) is 11.5 Å². The number of benzene rings is 1. The average Bonchev–Trinajstić information content (AvgIpc) is 2.30. The third-order valence-corrected chi connectivity index (χ3v) is 2.75. The number of aryl methyl sites for hydroxylation is 1. The lowest BCUT2D eigenvalue weighted by Gasteiger charge is -2.22. The Morgan fingerprint density at radius 1 is 1.25 bits per heavy atom. The van der Waals surface area contributed by atoms with Gasteiger partial charge in [-0.3, -0.25) is 4.90 Å². The van der Waals surface area contributed by atoms with Crippen LogP contribution in [0.15, 0.2) is 12.1 Å². The van der Waals surface area contributed by atoms with Crippen molar-refractivity contribution in [1.82, 2.24) is 4.90 Å². The Hall–Kier alpha value is -1.26. The normalized spacial score (nSPS) is 14.2. The van der Waals surface area contributed by atoms with Crippen molar-refractivity contribution in [2.75, 3.05) is 26.9 Å². The fourth-order valence-corrected chi connectivity index (χ4v) is 1.76. The minimum Gasteiger partial charge on any atom is -0.486 e. The number of rotatable bonds is 3. The van der Waals surface area contributed by atoms with Crippen LogP contribution in [0.1, 0.15) is 11.1 Å². The molecule has 1 aromatic carbocycles. The molecule has 0 amide bonds. The second-order valence-corrected chi connectivity index (χ2v) is 4.12. The summed E-state index contributed by atoms with van der Waals surface area (Å²) in [7, 11) is 2.00. The van der Waals surface area contributed by atoms with Crippen molar-refractivity contribution >= 4 is 0 Å². The van der Waals surface area contributed by atoms with E-state index in [0.29, 0.717) is 19.9 Å². The van der Waals surface area contributed by atoms with E-state index in [0.717, 1.165) is 18.0 Å². The van der Waals surface area contributed by atoms with Crippen LogP contribution in [0, 0.1) is 6.92 Å². The summed E-state index contributed by atoms with van der Waals surface area (Å²) in [5.41, 5.74) is 8.02. The second kappa shape index (κ2) is 4.72. The van der Waals surface area contributed by atoms with Crippen LogP contribution >= 0.6 is 0 Å². The molecule has 1 heterocycles. The lowest BCUT2D eigenvalue weighted by molar-refractivity contribution is 0.171. The van der Waals surface area contributed by atoms with E-state index < -0.39 is 0 Å². The molecule has 1 aliphatic rings. The van der Waals surface area contributed by atoms with Crippen LogP contribution < -0.4 is 15.2 Å². The summed E-state index contributed by atoms with van der Waals surface area (Å²) in [4.78, 5) is 2.05. The molecule has 0 atom stereocenters. The van der Waals surface area contributed by atoms with Gasteiger partial charge in [-0.25, -0.2) is 0 Å². The molecule has 88 valence electrons. The zero-order chi connectivity index (χ0) is 11.5. The van der Waals surface area contributed by atoms with Gasteiger partial charge in [0.1, 0.15) is 13.2 Å². The van der Waals surface area contributed by atoms with Gasteiger partial charge in [-0.1, -0.05) is 0 Å². The lowest BCUT2D eigenvalue weighted by atomic mass is 10.1. The standard InChI is InChI=1S/C12H18N2O2/c1-9-5-11-12(16-4-3-15-11)6-10(9)7-14(2)8-13/h5-6H,3-4,7-8,13H2,1-2H3. The molecule has 0 fully saturated rings. The molecule has 0 radical (unpaired) electrons. The van der Waals surface area contributed by atoms with Gasteiger partial charge in [0, 0.05) is 13.2 Å². The quantitative estimate of drug-likeness (QED) is 0.778. The summed E-state index contributed by atoms with van der Waals surface area (Å²) in [5.74, 6) is 1.69. The summed E-state index contributed by atoms with van der Waals surface area (Å²) >= 11 is 0. The highest BCUT2D eigenvalue weighted by atomic mass is 16.6. The Kier molecular flexibility index (Phi) is 3.31. The molecule has 4 heteroatoms. The molecular weight excluding hydrogens is 204 g/mol. The third-order valence-electron chi connectivity index (χ3n) is 2.75. The van der Waals surface area contributed by atoms with Gasteiger partial charge in [-0.15, -0.1) is 0 Å². The van der Waals surface area contributed by atoms with Crippen LogP contribution in [-0.4, -0.2) is 31.8 Å². The highest BCUT2D eigenvalue weighted by molar-refractivity contribution is 5.47. The fraction of sp³-hybridized carbons (Fsp3) is 0.500. The van der Waals surface area contributed by atoms with E-state index in [1.54, 1.807) is 0 Å². The monoisotopic (exact) mass is 222 g/mol. The van der Waals surface area contributed by atoms with E-state index in [2.05, 4.69) is 17.9 Å². The van der Waals surface area contributed by atoms with Crippen LogP contribution in [-0.2, 0) is 6.54 Å². The average molecular weight is 222 g/mol. The van der Waals surface area contributed by atoms with Crippen molar-refractivity contribution in [3.8, 4) is 11.5 Å². The minimum atomic E-state index is 0.549. The molecule has 0 spiro atoms. The van der Waals surface area contributed by atoms with Crippen molar-refractivity contribution in [1.29, 1.82) is 0 Å². The van der Waals surface area contributed by atoms with E-state index in [4.69, 9.17) is 15.2 Å². The molecule has 0 aliphatic carbocycles. The van der Waals surface area contributed by atoms with E-state index in [1.807, 2.05) is 13.1 Å². The Labute approximate surface area is 95.9 Å². The van der Waals surface area contributed by atoms with Gasteiger partial charge in [0.25, 0.3) is 0 Å². The fourth-order valence-electron chi connectivity index (χ4n) is 1.76. The van der Waals surface area contributed by atoms with Crippen molar-refractivity contribution in [2.24, 2.45) is 5.73 Å². The van der Waals surface area contributed by atoms with Gasteiger partial charge < -0.3 is 15.2 Å². The molecule has 0 aromatic heterocycles. The van der Waals surface area contributed by atoms with E-state index >= 15 is 0 Å². The topological polar surface area (TPSA) is 47.7 Å². The summed E-state index contributed by atoms with van der Waals surface area (Å²) in [5, 5.41) is 0. The number of nitrogens with zero attached hydrogens (tertiary/aromatic N) is 1. The van der Waals surface area contributed by atoms with Crippen LogP contribution in [0.3, 0.4) is 0 Å². The zero-order valence-electron chi connectivity index (χ0n) is 9.82. The van der Waals surface area contributed by atoms with Crippen molar-refractivity contribution < 1.29 is 9.47 Å². The van der Waals surface area contributed by atoms with E-state index in [1.165, 1.54) is 11.1 Å². The molecule has 0 saturated carbocycles. The van der Waals surface area contributed by atoms with Gasteiger partial charge >= 0.3 is 0 Å². The van der Waals surface area contributed by atoms with Crippen molar-refractivity contribution in [3.63, 3.8) is 0 Å². The van der Waals surface area contributed by atoms with Gasteiger partial charge in [-0.2, -0.15) is 0 Å². The first kappa shape index (κ1) is 11.2. The highest BCUT2D eigenvalue weighted by Gasteiger charge is 2.14. The largest absolute Gasteiger partial charge is 0.486 e. The molecule has 16 heavy (non-hydrogen) atoms. The maximum absolute atomic E-state index is 5.58. The first-order valence-electron chi connectivity index (χ1n) is 5.48. The Balaban J connectivity index is 2.25. The lowest BCUT2D eigenvalue weighted by Crippen LogP contribution is -2.25. The number of fused-ring (bicyclic) bond motifs is 1. The molecule has 2 rings (SSSR count). The van der Waals surface area contributed by atoms with Gasteiger partial charge in [0.2, 0.25) is 0 Å². The first-order valence-corrected chi connectivity index (χ1v) is 5.48. The van der Waals surface area contributed by atoms with Crippen LogP contribution in [0.25, 0.3) is 0 Å². The van der Waals surface area contributed by atoms with Gasteiger partial charge in [-0.05, 0) is 37.2 Å². The molecular formula is C12H18N2O2. The SMILES string of the molecule is Cc1cc2c(cc1CN(C)CN)OCCO2. The molecule has 4 nitrogen and oxygen atoms in total. The molecule has 0 saturated heterocycles. The highest BCUT2D eigenvalue weighted by Crippen LogP contribution is 2.33. The Morgan fingerprint density at radius 2 is 1.88 bits per heavy atom. The Morgan fingerprint density at radius 3 is 2.50 bits per heavy atom. The predicted octanol–water partition coefficient (Wildman–Crippen LogP) is 1.11. The van der Waals surface area contributed by atoms with E-state index in [-0.39, 0.29) is 0 Å². The number of ether oxygens (including phenoxy) is 2. The van der Waals surface area contributed by atoms with Gasteiger partial charge in [0.15, 0.2) is 11.5 Å². The Bertz CT molecular complexity index is 380. The first-order chi connectivity index (χ1) is 7.70. The number of hydrogen-bond donors (Lipinski definition) is 1. The summed E-state index contributed by atoms with van der Waals surface area (Å²) in [6, 6.07) is 4.09. The summed E-state index contributed by atoms with van der Waals surface area (Å²) in [6.45, 7) is 4.72. The summed E-state index contributed by atoms with van der Waals surface area (Å²) in [6.07, 6.45) is 0. The summed E-state index contributed by atoms with van der Waals surface area (Å²) < 4.78 is 11.1.